The highest BCUT2D eigenvalue weighted by atomic mass is 16.2. The lowest BCUT2D eigenvalue weighted by atomic mass is 9.81. The molecule has 3 atom stereocenters. The highest BCUT2D eigenvalue weighted by Crippen LogP contribution is 2.43. The van der Waals surface area contributed by atoms with Crippen molar-refractivity contribution in [1.29, 1.82) is 0 Å². The summed E-state index contributed by atoms with van der Waals surface area (Å²) in [5.74, 6) is 2.15. The molecule has 1 amide bonds. The maximum absolute atomic E-state index is 12.6. The fraction of sp³-hybridized carbons (Fsp3) is 0.941. The molecule has 2 saturated carbocycles. The smallest absolute Gasteiger partial charge is 0.244 e. The van der Waals surface area contributed by atoms with Gasteiger partial charge in [0.15, 0.2) is 0 Å². The van der Waals surface area contributed by atoms with Gasteiger partial charge in [-0.15, -0.1) is 0 Å². The van der Waals surface area contributed by atoms with Crippen molar-refractivity contribution in [3.63, 3.8) is 0 Å². The fourth-order valence-corrected chi connectivity index (χ4v) is 4.26. The Labute approximate surface area is 123 Å². The minimum Gasteiger partial charge on any atom is -0.326 e. The second-order valence-electron chi connectivity index (χ2n) is 7.46. The van der Waals surface area contributed by atoms with Gasteiger partial charge in [-0.25, -0.2) is 0 Å². The van der Waals surface area contributed by atoms with Gasteiger partial charge in [0.2, 0.25) is 5.91 Å². The van der Waals surface area contributed by atoms with E-state index < -0.39 is 0 Å². The standard InChI is InChI=1S/C17H30N2O/c1-3-5-15-18-17(9-10-17)16(20)19(15)11-8-14-7-4-6-13(2)12-14/h13-15,18H,3-12H2,1-2H3. The van der Waals surface area contributed by atoms with Gasteiger partial charge in [-0.2, -0.15) is 0 Å². The molecule has 1 N–H and O–H groups in total. The van der Waals surface area contributed by atoms with Crippen LogP contribution in [0.1, 0.15) is 71.6 Å². The number of hydrogen-bond acceptors (Lipinski definition) is 2. The second kappa shape index (κ2) is 5.67. The van der Waals surface area contributed by atoms with Crippen LogP contribution >= 0.6 is 0 Å². The Bertz CT molecular complexity index is 364. The highest BCUT2D eigenvalue weighted by molar-refractivity contribution is 5.91. The fourth-order valence-electron chi connectivity index (χ4n) is 4.26. The first-order chi connectivity index (χ1) is 9.64. The van der Waals surface area contributed by atoms with Gasteiger partial charge in [0.25, 0.3) is 0 Å². The van der Waals surface area contributed by atoms with Gasteiger partial charge in [-0.3, -0.25) is 10.1 Å². The second-order valence-corrected chi connectivity index (χ2v) is 7.46. The first-order valence-electron chi connectivity index (χ1n) is 8.73. The molecule has 1 spiro atoms. The van der Waals surface area contributed by atoms with E-state index in [1.807, 2.05) is 0 Å². The van der Waals surface area contributed by atoms with Crippen LogP contribution in [0.5, 0.6) is 0 Å². The average Bonchev–Trinajstić information content (AvgIpc) is 3.14. The van der Waals surface area contributed by atoms with E-state index >= 15 is 0 Å². The van der Waals surface area contributed by atoms with Crippen LogP contribution in [0, 0.1) is 11.8 Å². The third kappa shape index (κ3) is 2.74. The van der Waals surface area contributed by atoms with Crippen LogP contribution in [-0.2, 0) is 4.79 Å². The van der Waals surface area contributed by atoms with Crippen molar-refractivity contribution in [3.05, 3.63) is 0 Å². The maximum Gasteiger partial charge on any atom is 0.244 e. The monoisotopic (exact) mass is 278 g/mol. The van der Waals surface area contributed by atoms with E-state index in [9.17, 15) is 4.79 Å². The molecule has 3 aliphatic rings. The summed E-state index contributed by atoms with van der Waals surface area (Å²) in [6.45, 7) is 5.58. The van der Waals surface area contributed by atoms with Crippen molar-refractivity contribution in [3.8, 4) is 0 Å². The molecule has 0 bridgehead atoms. The molecule has 3 heteroatoms. The molecule has 2 aliphatic carbocycles. The Balaban J connectivity index is 1.55. The molecule has 3 unspecified atom stereocenters. The summed E-state index contributed by atoms with van der Waals surface area (Å²) in [6.07, 6.45) is 11.5. The van der Waals surface area contributed by atoms with Crippen LogP contribution < -0.4 is 5.32 Å². The first kappa shape index (κ1) is 14.4. The third-order valence-corrected chi connectivity index (χ3v) is 5.62. The topological polar surface area (TPSA) is 32.3 Å². The van der Waals surface area contributed by atoms with E-state index in [1.54, 1.807) is 0 Å². The van der Waals surface area contributed by atoms with E-state index in [4.69, 9.17) is 0 Å². The summed E-state index contributed by atoms with van der Waals surface area (Å²) >= 11 is 0. The highest BCUT2D eigenvalue weighted by Gasteiger charge is 2.58. The van der Waals surface area contributed by atoms with Gasteiger partial charge in [0.05, 0.1) is 11.7 Å². The van der Waals surface area contributed by atoms with Gasteiger partial charge >= 0.3 is 0 Å². The van der Waals surface area contributed by atoms with Gasteiger partial charge in [0, 0.05) is 6.54 Å². The Kier molecular flexibility index (Phi) is 4.07. The van der Waals surface area contributed by atoms with Gasteiger partial charge in [-0.05, 0) is 43.9 Å². The van der Waals surface area contributed by atoms with E-state index in [0.717, 1.165) is 44.1 Å². The normalized spacial score (nSPS) is 35.8. The average molecular weight is 278 g/mol. The number of carbonyl (C=O) groups is 1. The quantitative estimate of drug-likeness (QED) is 0.837. The summed E-state index contributed by atoms with van der Waals surface area (Å²) in [5.41, 5.74) is -0.125. The van der Waals surface area contributed by atoms with Crippen molar-refractivity contribution in [2.75, 3.05) is 6.54 Å². The molecule has 0 aromatic carbocycles. The number of rotatable bonds is 5. The zero-order chi connectivity index (χ0) is 14.2. The Morgan fingerprint density at radius 1 is 1.30 bits per heavy atom. The molecule has 20 heavy (non-hydrogen) atoms. The lowest BCUT2D eigenvalue weighted by molar-refractivity contribution is -0.131. The van der Waals surface area contributed by atoms with E-state index in [2.05, 4.69) is 24.1 Å². The van der Waals surface area contributed by atoms with Crippen molar-refractivity contribution < 1.29 is 4.79 Å². The van der Waals surface area contributed by atoms with Gasteiger partial charge in [0.1, 0.15) is 0 Å². The Hall–Kier alpha value is -0.570. The van der Waals surface area contributed by atoms with Crippen molar-refractivity contribution in [2.45, 2.75) is 83.3 Å². The summed E-state index contributed by atoms with van der Waals surface area (Å²) in [5, 5.41) is 3.61. The van der Waals surface area contributed by atoms with Crippen LogP contribution in [0.4, 0.5) is 0 Å². The van der Waals surface area contributed by atoms with Crippen LogP contribution in [-0.4, -0.2) is 29.1 Å². The number of hydrogen-bond donors (Lipinski definition) is 1. The molecule has 3 fully saturated rings. The van der Waals surface area contributed by atoms with E-state index in [1.165, 1.54) is 32.1 Å². The number of nitrogens with zero attached hydrogens (tertiary/aromatic N) is 1. The molecular weight excluding hydrogens is 248 g/mol. The number of nitrogens with one attached hydrogen (secondary N) is 1. The first-order valence-corrected chi connectivity index (χ1v) is 8.73. The van der Waals surface area contributed by atoms with Gasteiger partial charge in [-0.1, -0.05) is 39.5 Å². The molecule has 1 aliphatic heterocycles. The molecule has 0 aromatic heterocycles. The van der Waals surface area contributed by atoms with Crippen LogP contribution in [0.3, 0.4) is 0 Å². The van der Waals surface area contributed by atoms with Crippen LogP contribution in [0.25, 0.3) is 0 Å². The largest absolute Gasteiger partial charge is 0.326 e. The molecular formula is C17H30N2O. The van der Waals surface area contributed by atoms with Crippen molar-refractivity contribution in [2.24, 2.45) is 11.8 Å². The molecule has 1 saturated heterocycles. The van der Waals surface area contributed by atoms with Crippen molar-refractivity contribution >= 4 is 5.91 Å². The third-order valence-electron chi connectivity index (χ3n) is 5.62. The van der Waals surface area contributed by atoms with E-state index in [0.29, 0.717) is 12.1 Å². The zero-order valence-electron chi connectivity index (χ0n) is 13.2. The minimum absolute atomic E-state index is 0.125. The Morgan fingerprint density at radius 2 is 2.10 bits per heavy atom. The summed E-state index contributed by atoms with van der Waals surface area (Å²) < 4.78 is 0. The predicted octanol–water partition coefficient (Wildman–Crippen LogP) is 3.29. The molecule has 3 rings (SSSR count). The maximum atomic E-state index is 12.6. The predicted molar refractivity (Wildman–Crippen MR) is 81.2 cm³/mol. The van der Waals surface area contributed by atoms with Gasteiger partial charge < -0.3 is 4.90 Å². The summed E-state index contributed by atoms with van der Waals surface area (Å²) in [6, 6.07) is 0. The molecule has 0 radical (unpaired) electrons. The molecule has 0 aromatic rings. The summed E-state index contributed by atoms with van der Waals surface area (Å²) in [4.78, 5) is 14.8. The molecule has 114 valence electrons. The molecule has 1 heterocycles. The van der Waals surface area contributed by atoms with E-state index in [-0.39, 0.29) is 5.54 Å². The zero-order valence-corrected chi connectivity index (χ0v) is 13.2. The number of amides is 1. The Morgan fingerprint density at radius 3 is 2.75 bits per heavy atom. The van der Waals surface area contributed by atoms with Crippen molar-refractivity contribution in [1.82, 2.24) is 10.2 Å². The van der Waals surface area contributed by atoms with Crippen LogP contribution in [0.2, 0.25) is 0 Å². The lowest BCUT2D eigenvalue weighted by Gasteiger charge is -2.30. The SMILES string of the molecule is CCCC1NC2(CC2)C(=O)N1CCC1CCCC(C)C1. The number of carbonyl (C=O) groups excluding carboxylic acids is 1. The van der Waals surface area contributed by atoms with Crippen LogP contribution in [0.15, 0.2) is 0 Å². The summed E-state index contributed by atoms with van der Waals surface area (Å²) in [7, 11) is 0. The minimum atomic E-state index is -0.125. The lowest BCUT2D eigenvalue weighted by Crippen LogP contribution is -2.38. The molecule has 3 nitrogen and oxygen atoms in total.